The summed E-state index contributed by atoms with van der Waals surface area (Å²) in [6.07, 6.45) is 0.786. The van der Waals surface area contributed by atoms with E-state index in [2.05, 4.69) is 4.98 Å². The summed E-state index contributed by atoms with van der Waals surface area (Å²) in [5.41, 5.74) is 8.41. The van der Waals surface area contributed by atoms with E-state index in [1.165, 1.54) is 12.1 Å². The normalized spacial score (nSPS) is 11.2. The Bertz CT molecular complexity index is 731. The van der Waals surface area contributed by atoms with E-state index < -0.39 is 5.82 Å². The predicted molar refractivity (Wildman–Crippen MR) is 77.2 cm³/mol. The van der Waals surface area contributed by atoms with E-state index in [1.54, 1.807) is 0 Å². The van der Waals surface area contributed by atoms with Crippen molar-refractivity contribution in [3.05, 3.63) is 52.8 Å². The fraction of sp³-hybridized carbons (Fsp3) is 0.133. The van der Waals surface area contributed by atoms with Crippen LogP contribution in [-0.4, -0.2) is 11.5 Å². The van der Waals surface area contributed by atoms with Crippen LogP contribution >= 0.6 is 11.6 Å². The van der Waals surface area contributed by atoms with Crippen molar-refractivity contribution in [2.75, 3.05) is 6.54 Å². The molecule has 0 saturated carbocycles. The maximum absolute atomic E-state index is 13.4. The maximum Gasteiger partial charge on any atom is 0.227 e. The fourth-order valence-corrected chi connectivity index (χ4v) is 2.23. The van der Waals surface area contributed by atoms with Crippen molar-refractivity contribution in [3.8, 4) is 11.5 Å². The fourth-order valence-electron chi connectivity index (χ4n) is 2.07. The van der Waals surface area contributed by atoms with Crippen molar-refractivity contribution in [2.45, 2.75) is 6.42 Å². The third kappa shape index (κ3) is 2.40. The minimum Gasteiger partial charge on any atom is -0.436 e. The van der Waals surface area contributed by atoms with Crippen LogP contribution in [0.2, 0.25) is 5.02 Å². The highest BCUT2D eigenvalue weighted by Crippen LogP contribution is 2.28. The lowest BCUT2D eigenvalue weighted by atomic mass is 10.1. The van der Waals surface area contributed by atoms with E-state index in [-0.39, 0.29) is 5.02 Å². The van der Waals surface area contributed by atoms with E-state index in [9.17, 15) is 4.39 Å². The maximum atomic E-state index is 13.4. The number of aromatic nitrogens is 1. The number of oxazole rings is 1. The zero-order valence-corrected chi connectivity index (χ0v) is 11.3. The van der Waals surface area contributed by atoms with E-state index in [0.717, 1.165) is 17.5 Å². The summed E-state index contributed by atoms with van der Waals surface area (Å²) in [6.45, 7) is 0.581. The second-order valence-corrected chi connectivity index (χ2v) is 4.90. The van der Waals surface area contributed by atoms with Gasteiger partial charge in [-0.05, 0) is 36.7 Å². The van der Waals surface area contributed by atoms with E-state index in [4.69, 9.17) is 21.8 Å². The monoisotopic (exact) mass is 290 g/mol. The smallest absolute Gasteiger partial charge is 0.227 e. The first-order valence-corrected chi connectivity index (χ1v) is 6.60. The Kier molecular flexibility index (Phi) is 3.42. The number of halogens is 2. The summed E-state index contributed by atoms with van der Waals surface area (Å²) < 4.78 is 19.0. The molecular weight excluding hydrogens is 279 g/mol. The molecule has 5 heteroatoms. The van der Waals surface area contributed by atoms with Gasteiger partial charge >= 0.3 is 0 Å². The molecule has 0 amide bonds. The first kappa shape index (κ1) is 13.1. The third-order valence-corrected chi connectivity index (χ3v) is 3.33. The van der Waals surface area contributed by atoms with Gasteiger partial charge in [0.25, 0.3) is 0 Å². The lowest BCUT2D eigenvalue weighted by Crippen LogP contribution is -2.02. The van der Waals surface area contributed by atoms with E-state index >= 15 is 0 Å². The number of rotatable bonds is 3. The molecule has 102 valence electrons. The molecule has 1 heterocycles. The summed E-state index contributed by atoms with van der Waals surface area (Å²) in [5, 5.41) is 0.0363. The van der Waals surface area contributed by atoms with Crippen LogP contribution in [0.1, 0.15) is 5.56 Å². The summed E-state index contributed by atoms with van der Waals surface area (Å²) in [6, 6.07) is 10.5. The molecule has 0 saturated heterocycles. The Morgan fingerprint density at radius 1 is 1.25 bits per heavy atom. The van der Waals surface area contributed by atoms with Gasteiger partial charge in [0.15, 0.2) is 5.58 Å². The van der Waals surface area contributed by atoms with Crippen molar-refractivity contribution in [2.24, 2.45) is 5.73 Å². The second-order valence-electron chi connectivity index (χ2n) is 4.49. The predicted octanol–water partition coefficient (Wildman–Crippen LogP) is 3.79. The molecule has 0 atom stereocenters. The van der Waals surface area contributed by atoms with E-state index in [1.807, 2.05) is 24.3 Å². The molecule has 0 spiro atoms. The molecule has 0 aliphatic heterocycles. The molecule has 0 unspecified atom stereocenters. The van der Waals surface area contributed by atoms with Gasteiger partial charge in [0.1, 0.15) is 11.3 Å². The summed E-state index contributed by atoms with van der Waals surface area (Å²) in [7, 11) is 0. The van der Waals surface area contributed by atoms with Gasteiger partial charge in [-0.1, -0.05) is 23.7 Å². The highest BCUT2D eigenvalue weighted by molar-refractivity contribution is 6.31. The molecular formula is C15H12ClFN2O. The Hall–Kier alpha value is -1.91. The molecule has 0 fully saturated rings. The largest absolute Gasteiger partial charge is 0.436 e. The molecule has 2 aromatic carbocycles. The first-order chi connectivity index (χ1) is 9.67. The molecule has 2 N–H and O–H groups in total. The standard InChI is InChI=1S/C15H12ClFN2O/c16-11-7-13-14(8-12(11)17)20-15(19-13)10-3-1-2-9(6-10)4-5-18/h1-3,6-8H,4-5,18H2. The quantitative estimate of drug-likeness (QED) is 0.798. The Labute approximate surface area is 120 Å². The number of benzene rings is 2. The average molecular weight is 291 g/mol. The lowest BCUT2D eigenvalue weighted by molar-refractivity contribution is 0.602. The van der Waals surface area contributed by atoms with Gasteiger partial charge < -0.3 is 10.2 Å². The molecule has 0 aliphatic carbocycles. The molecule has 1 aromatic heterocycles. The Morgan fingerprint density at radius 3 is 2.90 bits per heavy atom. The Balaban J connectivity index is 2.07. The number of hydrogen-bond acceptors (Lipinski definition) is 3. The minimum atomic E-state index is -0.515. The first-order valence-electron chi connectivity index (χ1n) is 6.22. The highest BCUT2D eigenvalue weighted by atomic mass is 35.5. The molecule has 3 nitrogen and oxygen atoms in total. The molecule has 20 heavy (non-hydrogen) atoms. The summed E-state index contributed by atoms with van der Waals surface area (Å²) in [5.74, 6) is -0.0701. The van der Waals surface area contributed by atoms with Crippen molar-refractivity contribution in [1.29, 1.82) is 0 Å². The Morgan fingerprint density at radius 2 is 2.10 bits per heavy atom. The van der Waals surface area contributed by atoms with Crippen LogP contribution in [0.5, 0.6) is 0 Å². The number of nitrogens with two attached hydrogens (primary N) is 1. The van der Waals surface area contributed by atoms with Crippen LogP contribution in [0.25, 0.3) is 22.6 Å². The lowest BCUT2D eigenvalue weighted by Gasteiger charge is -2.00. The van der Waals surface area contributed by atoms with Crippen LogP contribution in [0.3, 0.4) is 0 Å². The van der Waals surface area contributed by atoms with Gasteiger partial charge in [-0.2, -0.15) is 0 Å². The van der Waals surface area contributed by atoms with Crippen LogP contribution in [0.4, 0.5) is 4.39 Å². The minimum absolute atomic E-state index is 0.0363. The van der Waals surface area contributed by atoms with Crippen LogP contribution in [0, 0.1) is 5.82 Å². The highest BCUT2D eigenvalue weighted by Gasteiger charge is 2.11. The third-order valence-electron chi connectivity index (χ3n) is 3.04. The van der Waals surface area contributed by atoms with Gasteiger partial charge in [0.05, 0.1) is 5.02 Å². The van der Waals surface area contributed by atoms with Gasteiger partial charge in [0, 0.05) is 11.6 Å². The van der Waals surface area contributed by atoms with Crippen molar-refractivity contribution in [3.63, 3.8) is 0 Å². The van der Waals surface area contributed by atoms with Crippen LogP contribution in [-0.2, 0) is 6.42 Å². The van der Waals surface area contributed by atoms with Crippen LogP contribution in [0.15, 0.2) is 40.8 Å². The zero-order chi connectivity index (χ0) is 14.1. The molecule has 0 bridgehead atoms. The molecule has 0 radical (unpaired) electrons. The van der Waals surface area contributed by atoms with Gasteiger partial charge in [-0.25, -0.2) is 9.37 Å². The number of hydrogen-bond donors (Lipinski definition) is 1. The number of nitrogens with zero attached hydrogens (tertiary/aromatic N) is 1. The van der Waals surface area contributed by atoms with Gasteiger partial charge in [-0.3, -0.25) is 0 Å². The molecule has 3 rings (SSSR count). The summed E-state index contributed by atoms with van der Waals surface area (Å²) >= 11 is 5.74. The van der Waals surface area contributed by atoms with E-state index in [0.29, 0.717) is 23.5 Å². The van der Waals surface area contributed by atoms with Gasteiger partial charge in [-0.15, -0.1) is 0 Å². The SMILES string of the molecule is NCCc1cccc(-c2nc3cc(Cl)c(F)cc3o2)c1. The number of fused-ring (bicyclic) bond motifs is 1. The molecule has 3 aromatic rings. The van der Waals surface area contributed by atoms with Crippen LogP contribution < -0.4 is 5.73 Å². The summed E-state index contributed by atoms with van der Waals surface area (Å²) in [4.78, 5) is 4.34. The van der Waals surface area contributed by atoms with Crippen molar-refractivity contribution < 1.29 is 8.81 Å². The van der Waals surface area contributed by atoms with Crippen molar-refractivity contribution in [1.82, 2.24) is 4.98 Å². The van der Waals surface area contributed by atoms with Gasteiger partial charge in [0.2, 0.25) is 5.89 Å². The zero-order valence-electron chi connectivity index (χ0n) is 10.6. The van der Waals surface area contributed by atoms with Crippen molar-refractivity contribution >= 4 is 22.7 Å². The topological polar surface area (TPSA) is 52.0 Å². The second kappa shape index (κ2) is 5.23. The average Bonchev–Trinajstić information content (AvgIpc) is 2.83. The molecule has 0 aliphatic rings.